The highest BCUT2D eigenvalue weighted by Crippen LogP contribution is 2.29. The zero-order valence-electron chi connectivity index (χ0n) is 10.6. The van der Waals surface area contributed by atoms with Crippen molar-refractivity contribution in [2.75, 3.05) is 19.6 Å². The molecule has 0 radical (unpaired) electrons. The monoisotopic (exact) mass is 228 g/mol. The molecule has 1 amide bonds. The van der Waals surface area contributed by atoms with E-state index in [1.54, 1.807) is 4.90 Å². The highest BCUT2D eigenvalue weighted by Gasteiger charge is 2.45. The first kappa shape index (κ1) is 13.5. The van der Waals surface area contributed by atoms with Gasteiger partial charge in [0.2, 0.25) is 5.91 Å². The number of amides is 1. The van der Waals surface area contributed by atoms with E-state index in [2.05, 4.69) is 0 Å². The number of hydrogen-bond acceptors (Lipinski definition) is 3. The molecule has 94 valence electrons. The van der Waals surface area contributed by atoms with E-state index >= 15 is 0 Å². The number of nitrogens with zero attached hydrogens (tertiary/aromatic N) is 1. The molecule has 1 saturated heterocycles. The number of rotatable bonds is 5. The topological polar surface area (TPSA) is 66.6 Å². The molecule has 1 rings (SSSR count). The summed E-state index contributed by atoms with van der Waals surface area (Å²) in [4.78, 5) is 13.5. The lowest BCUT2D eigenvalue weighted by atomic mass is 9.82. The van der Waals surface area contributed by atoms with Crippen LogP contribution in [0.15, 0.2) is 0 Å². The van der Waals surface area contributed by atoms with E-state index in [1.165, 1.54) is 0 Å². The lowest BCUT2D eigenvalue weighted by Crippen LogP contribution is -2.65. The predicted octanol–water partition coefficient (Wildman–Crippen LogP) is 0.591. The number of carbonyl (C=O) groups is 1. The molecular weight excluding hydrogens is 204 g/mol. The number of carbonyl (C=O) groups excluding carboxylic acids is 1. The molecule has 0 aromatic carbocycles. The Hall–Kier alpha value is -0.610. The van der Waals surface area contributed by atoms with E-state index in [1.807, 2.05) is 20.8 Å². The molecular formula is C12H24N2O2. The highest BCUT2D eigenvalue weighted by molar-refractivity contribution is 5.77. The zero-order valence-corrected chi connectivity index (χ0v) is 10.6. The van der Waals surface area contributed by atoms with E-state index in [9.17, 15) is 9.90 Å². The van der Waals surface area contributed by atoms with Gasteiger partial charge < -0.3 is 15.7 Å². The van der Waals surface area contributed by atoms with Gasteiger partial charge in [0.05, 0.1) is 13.1 Å². The molecule has 1 fully saturated rings. The molecule has 0 aliphatic carbocycles. The molecule has 1 aliphatic heterocycles. The van der Waals surface area contributed by atoms with Crippen molar-refractivity contribution in [1.82, 2.24) is 4.90 Å². The van der Waals surface area contributed by atoms with Crippen LogP contribution in [0.1, 0.15) is 33.6 Å². The maximum Gasteiger partial charge on any atom is 0.222 e. The van der Waals surface area contributed by atoms with E-state index in [0.717, 1.165) is 6.42 Å². The molecule has 4 nitrogen and oxygen atoms in total. The SMILES string of the molecule is CC(CN)CCC(=O)N1CC(O)(C(C)C)C1. The van der Waals surface area contributed by atoms with Crippen molar-refractivity contribution in [3.8, 4) is 0 Å². The lowest BCUT2D eigenvalue weighted by Gasteiger charge is -2.49. The van der Waals surface area contributed by atoms with E-state index in [-0.39, 0.29) is 11.8 Å². The summed E-state index contributed by atoms with van der Waals surface area (Å²) < 4.78 is 0. The van der Waals surface area contributed by atoms with Crippen LogP contribution in [0.2, 0.25) is 0 Å². The van der Waals surface area contributed by atoms with Crippen LogP contribution in [0, 0.1) is 11.8 Å². The van der Waals surface area contributed by atoms with Gasteiger partial charge in [0, 0.05) is 6.42 Å². The fraction of sp³-hybridized carbons (Fsp3) is 0.917. The molecule has 0 bridgehead atoms. The number of β-amino-alcohol motifs (C(OH)–C–C–N with tert-alkyl or cyclic N) is 1. The number of likely N-dealkylation sites (tertiary alicyclic amines) is 1. The highest BCUT2D eigenvalue weighted by atomic mass is 16.3. The Balaban J connectivity index is 2.27. The van der Waals surface area contributed by atoms with Crippen LogP contribution in [-0.4, -0.2) is 41.1 Å². The molecule has 1 atom stereocenters. The fourth-order valence-corrected chi connectivity index (χ4v) is 1.80. The molecule has 4 heteroatoms. The van der Waals surface area contributed by atoms with Crippen molar-refractivity contribution in [2.24, 2.45) is 17.6 Å². The molecule has 1 unspecified atom stereocenters. The second-order valence-electron chi connectivity index (χ2n) is 5.39. The van der Waals surface area contributed by atoms with Crippen molar-refractivity contribution in [3.05, 3.63) is 0 Å². The van der Waals surface area contributed by atoms with Crippen molar-refractivity contribution in [1.29, 1.82) is 0 Å². The molecule has 16 heavy (non-hydrogen) atoms. The Kier molecular flexibility index (Phi) is 4.33. The summed E-state index contributed by atoms with van der Waals surface area (Å²) in [7, 11) is 0. The summed E-state index contributed by atoms with van der Waals surface area (Å²) >= 11 is 0. The van der Waals surface area contributed by atoms with E-state index in [0.29, 0.717) is 32.0 Å². The molecule has 0 spiro atoms. The Bertz CT molecular complexity index is 247. The van der Waals surface area contributed by atoms with Crippen molar-refractivity contribution < 1.29 is 9.90 Å². The Labute approximate surface area is 97.8 Å². The van der Waals surface area contributed by atoms with Gasteiger partial charge in [0.25, 0.3) is 0 Å². The van der Waals surface area contributed by atoms with Crippen LogP contribution >= 0.6 is 0 Å². The largest absolute Gasteiger partial charge is 0.386 e. The first-order chi connectivity index (χ1) is 7.39. The van der Waals surface area contributed by atoms with E-state index in [4.69, 9.17) is 5.73 Å². The smallest absolute Gasteiger partial charge is 0.222 e. The molecule has 1 heterocycles. The summed E-state index contributed by atoms with van der Waals surface area (Å²) in [5, 5.41) is 10.0. The van der Waals surface area contributed by atoms with Gasteiger partial charge in [0.15, 0.2) is 0 Å². The van der Waals surface area contributed by atoms with Gasteiger partial charge in [-0.1, -0.05) is 20.8 Å². The van der Waals surface area contributed by atoms with Gasteiger partial charge in [-0.25, -0.2) is 0 Å². The summed E-state index contributed by atoms with van der Waals surface area (Å²) in [5.74, 6) is 0.749. The molecule has 0 saturated carbocycles. The maximum atomic E-state index is 11.7. The Morgan fingerprint density at radius 1 is 1.44 bits per heavy atom. The van der Waals surface area contributed by atoms with Gasteiger partial charge in [-0.05, 0) is 24.8 Å². The average Bonchev–Trinajstić information content (AvgIpc) is 2.20. The second-order valence-corrected chi connectivity index (χ2v) is 5.39. The van der Waals surface area contributed by atoms with Gasteiger partial charge in [-0.15, -0.1) is 0 Å². The summed E-state index contributed by atoms with van der Waals surface area (Å²) in [6, 6.07) is 0. The van der Waals surface area contributed by atoms with Gasteiger partial charge in [-0.3, -0.25) is 4.79 Å². The number of aliphatic hydroxyl groups is 1. The van der Waals surface area contributed by atoms with Crippen LogP contribution in [0.4, 0.5) is 0 Å². The number of hydrogen-bond donors (Lipinski definition) is 2. The summed E-state index contributed by atoms with van der Waals surface area (Å²) in [5.41, 5.74) is 4.84. The van der Waals surface area contributed by atoms with Gasteiger partial charge in [-0.2, -0.15) is 0 Å². The minimum atomic E-state index is -0.658. The minimum absolute atomic E-state index is 0.144. The van der Waals surface area contributed by atoms with Gasteiger partial charge in [0.1, 0.15) is 5.60 Å². The summed E-state index contributed by atoms with van der Waals surface area (Å²) in [6.45, 7) is 7.62. The van der Waals surface area contributed by atoms with Crippen molar-refractivity contribution in [3.63, 3.8) is 0 Å². The minimum Gasteiger partial charge on any atom is -0.386 e. The quantitative estimate of drug-likeness (QED) is 0.724. The third kappa shape index (κ3) is 2.95. The van der Waals surface area contributed by atoms with Crippen LogP contribution in [-0.2, 0) is 4.79 Å². The number of nitrogens with two attached hydrogens (primary N) is 1. The second kappa shape index (κ2) is 5.15. The third-order valence-electron chi connectivity index (χ3n) is 3.61. The zero-order chi connectivity index (χ0) is 12.3. The maximum absolute atomic E-state index is 11.7. The molecule has 1 aliphatic rings. The van der Waals surface area contributed by atoms with Gasteiger partial charge >= 0.3 is 0 Å². The van der Waals surface area contributed by atoms with Crippen LogP contribution in [0.25, 0.3) is 0 Å². The first-order valence-electron chi connectivity index (χ1n) is 6.09. The first-order valence-corrected chi connectivity index (χ1v) is 6.09. The standard InChI is InChI=1S/C12H24N2O2/c1-9(2)12(16)7-14(8-12)11(15)5-4-10(3)6-13/h9-10,16H,4-8,13H2,1-3H3. The van der Waals surface area contributed by atoms with Crippen molar-refractivity contribution in [2.45, 2.75) is 39.2 Å². The predicted molar refractivity (Wildman–Crippen MR) is 63.8 cm³/mol. The van der Waals surface area contributed by atoms with Crippen LogP contribution in [0.3, 0.4) is 0 Å². The average molecular weight is 228 g/mol. The fourth-order valence-electron chi connectivity index (χ4n) is 1.80. The lowest BCUT2D eigenvalue weighted by molar-refractivity contribution is -0.164. The third-order valence-corrected chi connectivity index (χ3v) is 3.61. The van der Waals surface area contributed by atoms with E-state index < -0.39 is 5.60 Å². The summed E-state index contributed by atoms with van der Waals surface area (Å²) in [6.07, 6.45) is 1.39. The normalized spacial score (nSPS) is 20.8. The Morgan fingerprint density at radius 2 is 2.00 bits per heavy atom. The van der Waals surface area contributed by atoms with Crippen LogP contribution < -0.4 is 5.73 Å². The molecule has 3 N–H and O–H groups in total. The molecule has 0 aromatic rings. The van der Waals surface area contributed by atoms with Crippen LogP contribution in [0.5, 0.6) is 0 Å². The Morgan fingerprint density at radius 3 is 2.44 bits per heavy atom. The van der Waals surface area contributed by atoms with Crippen molar-refractivity contribution >= 4 is 5.91 Å². The molecule has 0 aromatic heterocycles.